The molecule has 7 heteroatoms. The Morgan fingerprint density at radius 2 is 1.62 bits per heavy atom. The molecule has 1 saturated heterocycles. The maximum Gasteiger partial charge on any atom is 0.291 e. The number of ketones is 1. The van der Waals surface area contributed by atoms with Gasteiger partial charge < -0.3 is 15.1 Å². The lowest BCUT2D eigenvalue weighted by molar-refractivity contribution is -0.145. The Hall–Kier alpha value is -3.48. The Labute approximate surface area is 188 Å². The van der Waals surface area contributed by atoms with Crippen LogP contribution in [0.5, 0.6) is 0 Å². The molecule has 0 spiro atoms. The van der Waals surface area contributed by atoms with Crippen LogP contribution in [0.15, 0.2) is 60.7 Å². The summed E-state index contributed by atoms with van der Waals surface area (Å²) in [4.78, 5) is 54.0. The van der Waals surface area contributed by atoms with Crippen LogP contribution in [0.25, 0.3) is 0 Å². The zero-order valence-corrected chi connectivity index (χ0v) is 18.5. The third-order valence-corrected chi connectivity index (χ3v) is 5.77. The van der Waals surface area contributed by atoms with Crippen molar-refractivity contribution in [2.75, 3.05) is 13.6 Å². The molecule has 1 aliphatic rings. The molecule has 0 saturated carbocycles. The van der Waals surface area contributed by atoms with E-state index in [0.29, 0.717) is 19.5 Å². The number of likely N-dealkylation sites (tertiary alicyclic amines) is 1. The Bertz CT molecular complexity index is 962. The summed E-state index contributed by atoms with van der Waals surface area (Å²) in [6.07, 6.45) is 0.861. The molecule has 1 aliphatic heterocycles. The third-order valence-electron chi connectivity index (χ3n) is 5.77. The van der Waals surface area contributed by atoms with Gasteiger partial charge in [0.2, 0.25) is 17.6 Å². The van der Waals surface area contributed by atoms with Gasteiger partial charge in [-0.05, 0) is 24.5 Å². The Balaban J connectivity index is 1.77. The number of Topliss-reactive ketones (excluding diaryl/α,β-unsaturated/α-hetero) is 1. The number of likely N-dealkylation sites (N-methyl/N-ethyl adjacent to an activating group) is 1. The predicted molar refractivity (Wildman–Crippen MR) is 120 cm³/mol. The summed E-state index contributed by atoms with van der Waals surface area (Å²) < 4.78 is 0. The van der Waals surface area contributed by atoms with Crippen molar-refractivity contribution < 1.29 is 19.2 Å². The fourth-order valence-corrected chi connectivity index (χ4v) is 3.79. The molecule has 3 amide bonds. The molecule has 0 aromatic heterocycles. The fraction of sp³-hybridized carbons (Fsp3) is 0.360. The van der Waals surface area contributed by atoms with Crippen LogP contribution < -0.4 is 5.32 Å². The second-order valence-electron chi connectivity index (χ2n) is 8.00. The maximum absolute atomic E-state index is 13.2. The van der Waals surface area contributed by atoms with Gasteiger partial charge in [-0.3, -0.25) is 19.2 Å². The summed E-state index contributed by atoms with van der Waals surface area (Å²) >= 11 is 0. The predicted octanol–water partition coefficient (Wildman–Crippen LogP) is 1.95. The molecule has 168 valence electrons. The molecule has 2 atom stereocenters. The molecule has 7 nitrogen and oxygen atoms in total. The van der Waals surface area contributed by atoms with Crippen molar-refractivity contribution in [1.29, 1.82) is 0 Å². The van der Waals surface area contributed by atoms with Crippen molar-refractivity contribution in [3.05, 3.63) is 71.8 Å². The molecule has 1 N–H and O–H groups in total. The molecular formula is C25H29N3O4. The van der Waals surface area contributed by atoms with Gasteiger partial charge in [-0.25, -0.2) is 0 Å². The van der Waals surface area contributed by atoms with Crippen LogP contribution in [0.4, 0.5) is 0 Å². The van der Waals surface area contributed by atoms with Crippen LogP contribution in [0, 0.1) is 0 Å². The number of nitrogens with zero attached hydrogens (tertiary/aromatic N) is 2. The highest BCUT2D eigenvalue weighted by Gasteiger charge is 2.38. The second-order valence-corrected chi connectivity index (χ2v) is 8.00. The summed E-state index contributed by atoms with van der Waals surface area (Å²) in [6.45, 7) is 2.49. The van der Waals surface area contributed by atoms with Crippen LogP contribution in [0.2, 0.25) is 0 Å². The van der Waals surface area contributed by atoms with Gasteiger partial charge in [0.25, 0.3) is 5.91 Å². The van der Waals surface area contributed by atoms with Gasteiger partial charge >= 0.3 is 0 Å². The SMILES string of the molecule is CCN(C)C(=O)C(=O)C(Cc1ccccc1)NC(=O)[C@H]1CCC(=O)N1Cc1ccccc1. The third kappa shape index (κ3) is 5.60. The lowest BCUT2D eigenvalue weighted by Gasteiger charge is -2.27. The first-order valence-corrected chi connectivity index (χ1v) is 10.9. The maximum atomic E-state index is 13.2. The van der Waals surface area contributed by atoms with E-state index in [9.17, 15) is 19.2 Å². The van der Waals surface area contributed by atoms with E-state index in [-0.39, 0.29) is 18.7 Å². The largest absolute Gasteiger partial charge is 0.344 e. The smallest absolute Gasteiger partial charge is 0.291 e. The van der Waals surface area contributed by atoms with Gasteiger partial charge in [-0.15, -0.1) is 0 Å². The number of carbonyl (C=O) groups excluding carboxylic acids is 4. The van der Waals surface area contributed by atoms with Crippen molar-refractivity contribution in [2.24, 2.45) is 0 Å². The van der Waals surface area contributed by atoms with E-state index >= 15 is 0 Å². The number of hydrogen-bond acceptors (Lipinski definition) is 4. The number of nitrogens with one attached hydrogen (secondary N) is 1. The topological polar surface area (TPSA) is 86.8 Å². The van der Waals surface area contributed by atoms with Crippen LogP contribution >= 0.6 is 0 Å². The van der Waals surface area contributed by atoms with Crippen molar-refractivity contribution in [2.45, 2.75) is 44.8 Å². The zero-order chi connectivity index (χ0) is 23.1. The van der Waals surface area contributed by atoms with Crippen LogP contribution in [-0.4, -0.2) is 59.0 Å². The molecule has 1 unspecified atom stereocenters. The van der Waals surface area contributed by atoms with Crippen LogP contribution in [0.3, 0.4) is 0 Å². The van der Waals surface area contributed by atoms with Gasteiger partial charge in [-0.1, -0.05) is 60.7 Å². The molecule has 2 aromatic rings. The summed E-state index contributed by atoms with van der Waals surface area (Å²) in [5, 5.41) is 2.77. The highest BCUT2D eigenvalue weighted by molar-refractivity contribution is 6.38. The van der Waals surface area contributed by atoms with Crippen molar-refractivity contribution in [3.63, 3.8) is 0 Å². The van der Waals surface area contributed by atoms with Gasteiger partial charge in [0.05, 0.1) is 0 Å². The highest BCUT2D eigenvalue weighted by atomic mass is 16.2. The molecule has 3 rings (SSSR count). The summed E-state index contributed by atoms with van der Waals surface area (Å²) in [5.41, 5.74) is 1.76. The first-order chi connectivity index (χ1) is 15.4. The van der Waals surface area contributed by atoms with Crippen molar-refractivity contribution in [3.8, 4) is 0 Å². The van der Waals surface area contributed by atoms with Crippen molar-refractivity contribution >= 4 is 23.5 Å². The Morgan fingerprint density at radius 3 is 2.22 bits per heavy atom. The summed E-state index contributed by atoms with van der Waals surface area (Å²) in [7, 11) is 1.55. The van der Waals surface area contributed by atoms with E-state index in [2.05, 4.69) is 5.32 Å². The Kier molecular flexibility index (Phi) is 7.76. The number of carbonyl (C=O) groups is 4. The standard InChI is InChI=1S/C25H29N3O4/c1-3-27(2)25(32)23(30)20(16-18-10-6-4-7-11-18)26-24(31)21-14-15-22(29)28(21)17-19-12-8-5-9-13-19/h4-13,20-21H,3,14-17H2,1-2H3,(H,26,31)/t20?,21-/m1/s1. The lowest BCUT2D eigenvalue weighted by atomic mass is 10.0. The van der Waals surface area contributed by atoms with E-state index in [1.165, 1.54) is 4.90 Å². The monoisotopic (exact) mass is 435 g/mol. The van der Waals surface area contributed by atoms with E-state index < -0.39 is 29.7 Å². The first kappa shape index (κ1) is 23.2. The molecule has 0 radical (unpaired) electrons. The first-order valence-electron chi connectivity index (χ1n) is 10.9. The molecule has 1 fully saturated rings. The summed E-state index contributed by atoms with van der Waals surface area (Å²) in [6, 6.07) is 17.0. The molecular weight excluding hydrogens is 406 g/mol. The van der Waals surface area contributed by atoms with E-state index in [1.807, 2.05) is 60.7 Å². The minimum atomic E-state index is -0.999. The molecule has 0 aliphatic carbocycles. The van der Waals surface area contributed by atoms with E-state index in [4.69, 9.17) is 0 Å². The van der Waals surface area contributed by atoms with Crippen LogP contribution in [-0.2, 0) is 32.1 Å². The fourth-order valence-electron chi connectivity index (χ4n) is 3.79. The van der Waals surface area contributed by atoms with Gasteiger partial charge in [-0.2, -0.15) is 0 Å². The average Bonchev–Trinajstić information content (AvgIpc) is 3.18. The molecule has 0 bridgehead atoms. The van der Waals surface area contributed by atoms with Gasteiger partial charge in [0.1, 0.15) is 12.1 Å². The minimum Gasteiger partial charge on any atom is -0.344 e. The minimum absolute atomic E-state index is 0.0956. The summed E-state index contributed by atoms with van der Waals surface area (Å²) in [5.74, 6) is -1.81. The quantitative estimate of drug-likeness (QED) is 0.610. The molecule has 32 heavy (non-hydrogen) atoms. The van der Waals surface area contributed by atoms with Crippen LogP contribution in [0.1, 0.15) is 30.9 Å². The highest BCUT2D eigenvalue weighted by Crippen LogP contribution is 2.22. The Morgan fingerprint density at radius 1 is 1.03 bits per heavy atom. The zero-order valence-electron chi connectivity index (χ0n) is 18.5. The van der Waals surface area contributed by atoms with E-state index in [1.54, 1.807) is 18.9 Å². The average molecular weight is 436 g/mol. The van der Waals surface area contributed by atoms with E-state index in [0.717, 1.165) is 11.1 Å². The number of rotatable bonds is 9. The number of amides is 3. The lowest BCUT2D eigenvalue weighted by Crippen LogP contribution is -2.53. The van der Waals surface area contributed by atoms with Gasteiger partial charge in [0.15, 0.2) is 0 Å². The molecule has 2 aromatic carbocycles. The van der Waals surface area contributed by atoms with Crippen molar-refractivity contribution in [1.82, 2.24) is 15.1 Å². The normalized spacial score (nSPS) is 16.5. The molecule has 1 heterocycles. The second kappa shape index (κ2) is 10.7. The van der Waals surface area contributed by atoms with Gasteiger partial charge in [0, 0.05) is 33.0 Å². The number of benzene rings is 2. The number of hydrogen-bond donors (Lipinski definition) is 1.